The van der Waals surface area contributed by atoms with Gasteiger partial charge in [-0.25, -0.2) is 0 Å². The molecule has 24 heavy (non-hydrogen) atoms. The number of hydrogen-bond donors (Lipinski definition) is 1. The van der Waals surface area contributed by atoms with E-state index in [0.29, 0.717) is 12.1 Å². The first-order valence-corrected chi connectivity index (χ1v) is 8.43. The number of ether oxygens (including phenoxy) is 1. The number of benzene rings is 1. The van der Waals surface area contributed by atoms with E-state index in [1.54, 1.807) is 12.4 Å². The van der Waals surface area contributed by atoms with Crippen LogP contribution < -0.4 is 10.2 Å². The molecular formula is C19H23N3O2. The zero-order valence-corrected chi connectivity index (χ0v) is 13.8. The lowest BCUT2D eigenvalue weighted by Crippen LogP contribution is -2.36. The molecule has 0 radical (unpaired) electrons. The van der Waals surface area contributed by atoms with Crippen LogP contribution >= 0.6 is 0 Å². The molecule has 126 valence electrons. The van der Waals surface area contributed by atoms with Crippen molar-refractivity contribution < 1.29 is 9.53 Å². The van der Waals surface area contributed by atoms with Crippen LogP contribution in [0.2, 0.25) is 0 Å². The van der Waals surface area contributed by atoms with Gasteiger partial charge in [0.15, 0.2) is 0 Å². The molecular weight excluding hydrogens is 302 g/mol. The fourth-order valence-electron chi connectivity index (χ4n) is 2.79. The number of aryl methyl sites for hydroxylation is 1. The highest BCUT2D eigenvalue weighted by atomic mass is 16.5. The van der Waals surface area contributed by atoms with Crippen LogP contribution in [-0.2, 0) is 11.2 Å². The van der Waals surface area contributed by atoms with Crippen LogP contribution in [0.3, 0.4) is 0 Å². The molecule has 5 nitrogen and oxygen atoms in total. The number of hydrogen-bond acceptors (Lipinski definition) is 4. The molecule has 0 unspecified atom stereocenters. The molecule has 0 spiro atoms. The number of carbonyl (C=O) groups excluding carboxylic acids is 1. The molecule has 2 heterocycles. The molecule has 5 heteroatoms. The number of rotatable bonds is 6. The minimum Gasteiger partial charge on any atom is -0.378 e. The fraction of sp³-hybridized carbons (Fsp3) is 0.368. The first-order valence-electron chi connectivity index (χ1n) is 8.43. The summed E-state index contributed by atoms with van der Waals surface area (Å²) in [4.78, 5) is 18.7. The number of nitrogens with zero attached hydrogens (tertiary/aromatic N) is 2. The Labute approximate surface area is 142 Å². The lowest BCUT2D eigenvalue weighted by atomic mass is 10.1. The fourth-order valence-corrected chi connectivity index (χ4v) is 2.79. The highest BCUT2D eigenvalue weighted by Gasteiger charge is 2.13. The first-order chi connectivity index (χ1) is 11.8. The van der Waals surface area contributed by atoms with Gasteiger partial charge in [0.2, 0.25) is 0 Å². The minimum absolute atomic E-state index is 0.0642. The lowest BCUT2D eigenvalue weighted by Gasteiger charge is -2.28. The van der Waals surface area contributed by atoms with Crippen LogP contribution in [0.25, 0.3) is 0 Å². The molecule has 0 saturated carbocycles. The van der Waals surface area contributed by atoms with Crippen molar-refractivity contribution in [1.82, 2.24) is 10.3 Å². The molecule has 0 bridgehead atoms. The Kier molecular flexibility index (Phi) is 5.80. The largest absolute Gasteiger partial charge is 0.378 e. The van der Waals surface area contributed by atoms with E-state index in [2.05, 4.69) is 27.3 Å². The predicted molar refractivity (Wildman–Crippen MR) is 94.4 cm³/mol. The third-order valence-corrected chi connectivity index (χ3v) is 4.13. The molecule has 1 saturated heterocycles. The number of nitrogens with one attached hydrogen (secondary N) is 1. The van der Waals surface area contributed by atoms with Crippen molar-refractivity contribution in [3.05, 3.63) is 59.9 Å². The summed E-state index contributed by atoms with van der Waals surface area (Å²) in [5.74, 6) is -0.0642. The third kappa shape index (κ3) is 4.55. The van der Waals surface area contributed by atoms with Crippen molar-refractivity contribution in [3.63, 3.8) is 0 Å². The zero-order valence-electron chi connectivity index (χ0n) is 13.8. The Hall–Kier alpha value is -2.40. The van der Waals surface area contributed by atoms with Crippen molar-refractivity contribution in [3.8, 4) is 0 Å². The van der Waals surface area contributed by atoms with Crippen LogP contribution in [0.4, 0.5) is 5.69 Å². The van der Waals surface area contributed by atoms with Gasteiger partial charge in [0.1, 0.15) is 0 Å². The average molecular weight is 325 g/mol. The van der Waals surface area contributed by atoms with E-state index < -0.39 is 0 Å². The summed E-state index contributed by atoms with van der Waals surface area (Å²) in [7, 11) is 0. The molecule has 0 atom stereocenters. The van der Waals surface area contributed by atoms with Crippen LogP contribution in [0.15, 0.2) is 48.8 Å². The second kappa shape index (κ2) is 8.45. The number of aromatic nitrogens is 1. The number of carbonyl (C=O) groups is 1. The summed E-state index contributed by atoms with van der Waals surface area (Å²) < 4.78 is 5.36. The van der Waals surface area contributed by atoms with Crippen molar-refractivity contribution in [2.75, 3.05) is 37.7 Å². The van der Waals surface area contributed by atoms with Crippen molar-refractivity contribution in [1.29, 1.82) is 0 Å². The minimum atomic E-state index is -0.0642. The van der Waals surface area contributed by atoms with Crippen molar-refractivity contribution in [2.24, 2.45) is 0 Å². The van der Waals surface area contributed by atoms with Crippen molar-refractivity contribution >= 4 is 11.6 Å². The van der Waals surface area contributed by atoms with E-state index in [9.17, 15) is 4.79 Å². The molecule has 1 N–H and O–H groups in total. The molecule has 3 rings (SSSR count). The number of amides is 1. The SMILES string of the molecule is O=C(NCCCc1ccccc1)c1cncc(N2CCOCC2)c1. The topological polar surface area (TPSA) is 54.5 Å². The first kappa shape index (κ1) is 16.5. The molecule has 1 aliphatic heterocycles. The molecule has 1 aromatic carbocycles. The van der Waals surface area contributed by atoms with E-state index in [-0.39, 0.29) is 5.91 Å². The van der Waals surface area contributed by atoms with E-state index in [0.717, 1.165) is 44.8 Å². The summed E-state index contributed by atoms with van der Waals surface area (Å²) >= 11 is 0. The van der Waals surface area contributed by atoms with Gasteiger partial charge < -0.3 is 15.0 Å². The Bertz CT molecular complexity index is 655. The molecule has 1 aliphatic rings. The van der Waals surface area contributed by atoms with Gasteiger partial charge in [-0.1, -0.05) is 30.3 Å². The van der Waals surface area contributed by atoms with Gasteiger partial charge in [-0.15, -0.1) is 0 Å². The monoisotopic (exact) mass is 325 g/mol. The maximum atomic E-state index is 12.3. The zero-order chi connectivity index (χ0) is 16.6. The Morgan fingerprint density at radius 3 is 2.75 bits per heavy atom. The van der Waals surface area contributed by atoms with Crippen LogP contribution in [-0.4, -0.2) is 43.7 Å². The summed E-state index contributed by atoms with van der Waals surface area (Å²) in [6, 6.07) is 12.2. The second-order valence-electron chi connectivity index (χ2n) is 5.88. The Morgan fingerprint density at radius 2 is 1.96 bits per heavy atom. The summed E-state index contributed by atoms with van der Waals surface area (Å²) in [5.41, 5.74) is 2.89. The molecule has 1 amide bonds. The van der Waals surface area contributed by atoms with Gasteiger partial charge in [0, 0.05) is 25.8 Å². The predicted octanol–water partition coefficient (Wildman–Crippen LogP) is 2.28. The van der Waals surface area contributed by atoms with Gasteiger partial charge in [-0.2, -0.15) is 0 Å². The normalized spacial score (nSPS) is 14.4. The summed E-state index contributed by atoms with van der Waals surface area (Å²) in [5, 5.41) is 2.98. The van der Waals surface area contributed by atoms with Gasteiger partial charge >= 0.3 is 0 Å². The quantitative estimate of drug-likeness (QED) is 0.828. The Balaban J connectivity index is 1.49. The average Bonchev–Trinajstić information content (AvgIpc) is 2.67. The smallest absolute Gasteiger partial charge is 0.252 e. The lowest BCUT2D eigenvalue weighted by molar-refractivity contribution is 0.0953. The number of morpholine rings is 1. The van der Waals surface area contributed by atoms with Gasteiger partial charge in [-0.3, -0.25) is 9.78 Å². The summed E-state index contributed by atoms with van der Waals surface area (Å²) in [6.07, 6.45) is 5.31. The van der Waals surface area contributed by atoms with E-state index in [4.69, 9.17) is 4.74 Å². The number of pyridine rings is 1. The molecule has 0 aliphatic carbocycles. The van der Waals surface area contributed by atoms with Crippen LogP contribution in [0.5, 0.6) is 0 Å². The van der Waals surface area contributed by atoms with Crippen LogP contribution in [0.1, 0.15) is 22.3 Å². The maximum Gasteiger partial charge on any atom is 0.252 e. The maximum absolute atomic E-state index is 12.3. The Morgan fingerprint density at radius 1 is 1.17 bits per heavy atom. The van der Waals surface area contributed by atoms with Gasteiger partial charge in [0.25, 0.3) is 5.91 Å². The molecule has 1 aromatic heterocycles. The van der Waals surface area contributed by atoms with Crippen LogP contribution in [0, 0.1) is 0 Å². The summed E-state index contributed by atoms with van der Waals surface area (Å²) in [6.45, 7) is 3.77. The van der Waals surface area contributed by atoms with E-state index in [1.807, 2.05) is 24.3 Å². The number of anilines is 1. The highest BCUT2D eigenvalue weighted by Crippen LogP contribution is 2.16. The van der Waals surface area contributed by atoms with Crippen molar-refractivity contribution in [2.45, 2.75) is 12.8 Å². The third-order valence-electron chi connectivity index (χ3n) is 4.13. The van der Waals surface area contributed by atoms with Gasteiger partial charge in [-0.05, 0) is 24.5 Å². The molecule has 1 fully saturated rings. The van der Waals surface area contributed by atoms with E-state index in [1.165, 1.54) is 5.56 Å². The van der Waals surface area contributed by atoms with E-state index >= 15 is 0 Å². The second-order valence-corrected chi connectivity index (χ2v) is 5.88. The van der Waals surface area contributed by atoms with Gasteiger partial charge in [0.05, 0.1) is 30.7 Å². The standard InChI is InChI=1S/C19H23N3O2/c23-19(21-8-4-7-16-5-2-1-3-6-16)17-13-18(15-20-14-17)22-9-11-24-12-10-22/h1-3,5-6,13-15H,4,7-12H2,(H,21,23). The highest BCUT2D eigenvalue weighted by molar-refractivity contribution is 5.94. The molecule has 2 aromatic rings.